The maximum atomic E-state index is 12.5. The third-order valence-electron chi connectivity index (χ3n) is 3.72. The number of carbonyl (C=O) groups excluding carboxylic acids is 1. The van der Waals surface area contributed by atoms with Gasteiger partial charge in [0.15, 0.2) is 0 Å². The minimum absolute atomic E-state index is 0.146. The summed E-state index contributed by atoms with van der Waals surface area (Å²) in [6.07, 6.45) is -3.23. The molecular weight excluding hydrogens is 273 g/mol. The molecule has 7 heteroatoms. The van der Waals surface area contributed by atoms with Crippen molar-refractivity contribution in [3.63, 3.8) is 0 Å². The average Bonchev–Trinajstić information content (AvgIpc) is 2.42. The smallest absolute Gasteiger partial charge is 0.391 e. The van der Waals surface area contributed by atoms with Crippen LogP contribution in [0.3, 0.4) is 0 Å². The van der Waals surface area contributed by atoms with E-state index in [0.717, 1.165) is 0 Å². The molecule has 1 rings (SSSR count). The number of hydrogen-bond donors (Lipinski definition) is 1. The first kappa shape index (κ1) is 17.2. The maximum Gasteiger partial charge on any atom is 0.391 e. The molecule has 1 N–H and O–H groups in total. The number of alkyl halides is 3. The van der Waals surface area contributed by atoms with Gasteiger partial charge in [-0.05, 0) is 38.9 Å². The van der Waals surface area contributed by atoms with Crippen molar-refractivity contribution < 1.29 is 22.7 Å². The van der Waals surface area contributed by atoms with Crippen LogP contribution in [0.1, 0.15) is 26.2 Å². The van der Waals surface area contributed by atoms with E-state index in [1.165, 1.54) is 7.11 Å². The molecule has 0 spiro atoms. The van der Waals surface area contributed by atoms with Gasteiger partial charge in [0, 0.05) is 6.54 Å². The zero-order valence-electron chi connectivity index (χ0n) is 12.0. The number of methoxy groups -OCH3 is 1. The Bertz CT molecular complexity index is 302. The Hall–Kier alpha value is -0.820. The van der Waals surface area contributed by atoms with E-state index in [4.69, 9.17) is 4.74 Å². The first-order valence-corrected chi connectivity index (χ1v) is 6.98. The second-order valence-electron chi connectivity index (χ2n) is 5.08. The molecule has 4 nitrogen and oxygen atoms in total. The summed E-state index contributed by atoms with van der Waals surface area (Å²) in [5.41, 5.74) is 0. The molecule has 20 heavy (non-hydrogen) atoms. The molecule has 0 bridgehead atoms. The Morgan fingerprint density at radius 1 is 1.40 bits per heavy atom. The molecule has 0 aromatic heterocycles. The van der Waals surface area contributed by atoms with Crippen LogP contribution >= 0.6 is 0 Å². The highest BCUT2D eigenvalue weighted by Gasteiger charge is 2.41. The molecule has 0 aromatic rings. The van der Waals surface area contributed by atoms with Gasteiger partial charge >= 0.3 is 12.1 Å². The lowest BCUT2D eigenvalue weighted by molar-refractivity contribution is -0.185. The van der Waals surface area contributed by atoms with E-state index in [9.17, 15) is 18.0 Å². The second-order valence-corrected chi connectivity index (χ2v) is 5.08. The van der Waals surface area contributed by atoms with Crippen molar-refractivity contribution in [1.29, 1.82) is 0 Å². The number of rotatable bonds is 6. The minimum Gasteiger partial charge on any atom is -0.468 e. The summed E-state index contributed by atoms with van der Waals surface area (Å²) < 4.78 is 42.3. The summed E-state index contributed by atoms with van der Waals surface area (Å²) in [5, 5.41) is 3.02. The molecule has 0 aromatic carbocycles. The van der Waals surface area contributed by atoms with Gasteiger partial charge in [0.1, 0.15) is 6.04 Å². The molecule has 0 amide bonds. The summed E-state index contributed by atoms with van der Waals surface area (Å²) in [7, 11) is 1.33. The third kappa shape index (κ3) is 5.28. The van der Waals surface area contributed by atoms with Crippen LogP contribution in [0.4, 0.5) is 13.2 Å². The van der Waals surface area contributed by atoms with E-state index in [1.807, 2.05) is 11.8 Å². The number of esters is 1. The van der Waals surface area contributed by atoms with Crippen molar-refractivity contribution in [2.45, 2.75) is 38.4 Å². The number of nitrogens with zero attached hydrogens (tertiary/aromatic N) is 1. The molecular formula is C13H23F3N2O2. The summed E-state index contributed by atoms with van der Waals surface area (Å²) in [5.74, 6) is -1.50. The van der Waals surface area contributed by atoms with Crippen molar-refractivity contribution in [2.75, 3.05) is 33.3 Å². The van der Waals surface area contributed by atoms with Crippen LogP contribution in [0.25, 0.3) is 0 Å². The molecule has 0 aliphatic carbocycles. The van der Waals surface area contributed by atoms with Crippen LogP contribution in [-0.4, -0.2) is 56.4 Å². The summed E-state index contributed by atoms with van der Waals surface area (Å²) in [4.78, 5) is 13.5. The second kappa shape index (κ2) is 7.83. The Morgan fingerprint density at radius 3 is 2.45 bits per heavy atom. The molecule has 1 fully saturated rings. The lowest BCUT2D eigenvalue weighted by Crippen LogP contribution is -2.43. The third-order valence-corrected chi connectivity index (χ3v) is 3.72. The van der Waals surface area contributed by atoms with Gasteiger partial charge in [0.05, 0.1) is 13.0 Å². The van der Waals surface area contributed by atoms with E-state index in [2.05, 4.69) is 5.32 Å². The minimum atomic E-state index is -4.08. The van der Waals surface area contributed by atoms with Crippen molar-refractivity contribution >= 4 is 5.97 Å². The zero-order chi connectivity index (χ0) is 15.2. The monoisotopic (exact) mass is 296 g/mol. The molecule has 118 valence electrons. The highest BCUT2D eigenvalue weighted by molar-refractivity contribution is 5.75. The van der Waals surface area contributed by atoms with E-state index < -0.39 is 12.1 Å². The van der Waals surface area contributed by atoms with E-state index in [1.54, 1.807) is 0 Å². The van der Waals surface area contributed by atoms with Gasteiger partial charge in [-0.2, -0.15) is 13.2 Å². The first-order valence-electron chi connectivity index (χ1n) is 6.98. The Balaban J connectivity index is 2.34. The lowest BCUT2D eigenvalue weighted by atomic mass is 9.96. The van der Waals surface area contributed by atoms with Crippen molar-refractivity contribution in [3.8, 4) is 0 Å². The first-order chi connectivity index (χ1) is 9.38. The van der Waals surface area contributed by atoms with Gasteiger partial charge in [-0.15, -0.1) is 0 Å². The fourth-order valence-electron chi connectivity index (χ4n) is 2.49. The fourth-order valence-corrected chi connectivity index (χ4v) is 2.49. The average molecular weight is 296 g/mol. The number of carbonyl (C=O) groups is 1. The van der Waals surface area contributed by atoms with Crippen LogP contribution in [-0.2, 0) is 9.53 Å². The van der Waals surface area contributed by atoms with Crippen molar-refractivity contribution in [1.82, 2.24) is 10.2 Å². The van der Waals surface area contributed by atoms with Crippen LogP contribution < -0.4 is 5.32 Å². The molecule has 1 aliphatic heterocycles. The highest BCUT2D eigenvalue weighted by atomic mass is 19.4. The van der Waals surface area contributed by atoms with Gasteiger partial charge in [-0.25, -0.2) is 0 Å². The van der Waals surface area contributed by atoms with Gasteiger partial charge in [0.25, 0.3) is 0 Å². The standard InChI is InChI=1S/C13H23F3N2O2/c1-3-17-11(12(19)20-2)6-9-18-7-4-10(5-8-18)13(14,15)16/h10-11,17H,3-9H2,1-2H3. The van der Waals surface area contributed by atoms with Crippen molar-refractivity contribution in [2.24, 2.45) is 5.92 Å². The van der Waals surface area contributed by atoms with Gasteiger partial charge < -0.3 is 15.0 Å². The number of nitrogens with one attached hydrogen (secondary N) is 1. The molecule has 1 atom stereocenters. The predicted octanol–water partition coefficient (Wildman–Crippen LogP) is 1.80. The van der Waals surface area contributed by atoms with Crippen LogP contribution in [0, 0.1) is 5.92 Å². The maximum absolute atomic E-state index is 12.5. The Kier molecular flexibility index (Phi) is 6.75. The summed E-state index contributed by atoms with van der Waals surface area (Å²) >= 11 is 0. The largest absolute Gasteiger partial charge is 0.468 e. The number of likely N-dealkylation sites (tertiary alicyclic amines) is 1. The summed E-state index contributed by atoms with van der Waals surface area (Å²) in [6, 6.07) is -0.384. The number of hydrogen-bond acceptors (Lipinski definition) is 4. The van der Waals surface area contributed by atoms with Crippen molar-refractivity contribution in [3.05, 3.63) is 0 Å². The Morgan fingerprint density at radius 2 is 2.00 bits per heavy atom. The molecule has 0 saturated carbocycles. The molecule has 1 heterocycles. The summed E-state index contributed by atoms with van der Waals surface area (Å²) in [6.45, 7) is 4.02. The SMILES string of the molecule is CCNC(CCN1CCC(C(F)(F)F)CC1)C(=O)OC. The molecule has 1 saturated heterocycles. The van der Waals surface area contributed by atoms with E-state index in [0.29, 0.717) is 32.6 Å². The van der Waals surface area contributed by atoms with Crippen LogP contribution in [0.2, 0.25) is 0 Å². The predicted molar refractivity (Wildman–Crippen MR) is 69.3 cm³/mol. The van der Waals surface area contributed by atoms with E-state index >= 15 is 0 Å². The van der Waals surface area contributed by atoms with Gasteiger partial charge in [0.2, 0.25) is 0 Å². The number of likely N-dealkylation sites (N-methyl/N-ethyl adjacent to an activating group) is 1. The molecule has 1 unspecified atom stereocenters. The van der Waals surface area contributed by atoms with Gasteiger partial charge in [-0.1, -0.05) is 6.92 Å². The van der Waals surface area contributed by atoms with Crippen LogP contribution in [0.15, 0.2) is 0 Å². The highest BCUT2D eigenvalue weighted by Crippen LogP contribution is 2.34. The van der Waals surface area contributed by atoms with Crippen LogP contribution in [0.5, 0.6) is 0 Å². The lowest BCUT2D eigenvalue weighted by Gasteiger charge is -2.33. The topological polar surface area (TPSA) is 41.6 Å². The number of piperidine rings is 1. The van der Waals surface area contributed by atoms with Gasteiger partial charge in [-0.3, -0.25) is 4.79 Å². The fraction of sp³-hybridized carbons (Fsp3) is 0.923. The molecule has 1 aliphatic rings. The molecule has 0 radical (unpaired) electrons. The number of halogens is 3. The Labute approximate surface area is 117 Å². The zero-order valence-corrected chi connectivity index (χ0v) is 12.0. The quantitative estimate of drug-likeness (QED) is 0.759. The number of ether oxygens (including phenoxy) is 1. The van der Waals surface area contributed by atoms with E-state index in [-0.39, 0.29) is 24.9 Å². The normalized spacial score (nSPS) is 19.9.